The lowest BCUT2D eigenvalue weighted by molar-refractivity contribution is -0.124. The first-order valence-corrected chi connectivity index (χ1v) is 10.5. The topological polar surface area (TPSA) is 53.6 Å². The van der Waals surface area contributed by atoms with Crippen molar-refractivity contribution in [2.45, 2.75) is 51.4 Å². The number of carbonyl (C=O) groups excluding carboxylic acids is 1. The maximum Gasteiger partial charge on any atom is 0.223 e. The standard InChI is InChI=1S/C20H35N3O2/c24-18(17-14-20(17)6-8-21-9-7-20)22-15-19(4-2-1-3-5-19)16-23-10-12-25-13-11-23/h17,21H,1-16H2,(H,22,24). The van der Waals surface area contributed by atoms with E-state index in [1.54, 1.807) is 0 Å². The summed E-state index contributed by atoms with van der Waals surface area (Å²) < 4.78 is 5.51. The highest BCUT2D eigenvalue weighted by Gasteiger charge is 2.57. The quantitative estimate of drug-likeness (QED) is 0.794. The van der Waals surface area contributed by atoms with Crippen LogP contribution in [0.5, 0.6) is 0 Å². The van der Waals surface area contributed by atoms with Crippen LogP contribution in [0.25, 0.3) is 0 Å². The van der Waals surface area contributed by atoms with Gasteiger partial charge < -0.3 is 15.4 Å². The van der Waals surface area contributed by atoms with Gasteiger partial charge in [-0.2, -0.15) is 0 Å². The third-order valence-electron chi connectivity index (χ3n) is 7.32. The van der Waals surface area contributed by atoms with Crippen LogP contribution in [0.3, 0.4) is 0 Å². The summed E-state index contributed by atoms with van der Waals surface area (Å²) in [5.74, 6) is 0.632. The number of hydrogen-bond donors (Lipinski definition) is 2. The molecule has 0 radical (unpaired) electrons. The largest absolute Gasteiger partial charge is 0.379 e. The van der Waals surface area contributed by atoms with Crippen LogP contribution in [0.1, 0.15) is 51.4 Å². The third kappa shape index (κ3) is 4.04. The highest BCUT2D eigenvalue weighted by atomic mass is 16.5. The van der Waals surface area contributed by atoms with Crippen molar-refractivity contribution in [3.63, 3.8) is 0 Å². The Kier molecular flexibility index (Phi) is 5.35. The minimum Gasteiger partial charge on any atom is -0.379 e. The van der Waals surface area contributed by atoms with Crippen LogP contribution in [0.15, 0.2) is 0 Å². The van der Waals surface area contributed by atoms with Crippen LogP contribution in [0, 0.1) is 16.7 Å². The van der Waals surface area contributed by atoms with Crippen LogP contribution < -0.4 is 10.6 Å². The number of nitrogens with one attached hydrogen (secondary N) is 2. The van der Waals surface area contributed by atoms with Crippen LogP contribution >= 0.6 is 0 Å². The van der Waals surface area contributed by atoms with E-state index >= 15 is 0 Å². The zero-order valence-electron chi connectivity index (χ0n) is 15.7. The molecule has 25 heavy (non-hydrogen) atoms. The van der Waals surface area contributed by atoms with Gasteiger partial charge in [0.15, 0.2) is 0 Å². The molecule has 0 bridgehead atoms. The van der Waals surface area contributed by atoms with Crippen molar-refractivity contribution in [1.29, 1.82) is 0 Å². The number of morpholine rings is 1. The Morgan fingerprint density at radius 2 is 1.80 bits per heavy atom. The molecule has 0 aromatic rings. The van der Waals surface area contributed by atoms with E-state index in [-0.39, 0.29) is 0 Å². The molecule has 0 aromatic heterocycles. The highest BCUT2D eigenvalue weighted by molar-refractivity contribution is 5.82. The molecule has 2 heterocycles. The minimum atomic E-state index is 0.290. The van der Waals surface area contributed by atoms with E-state index in [4.69, 9.17) is 4.74 Å². The lowest BCUT2D eigenvalue weighted by atomic mass is 9.73. The van der Waals surface area contributed by atoms with Gasteiger partial charge in [0, 0.05) is 37.5 Å². The molecule has 1 unspecified atom stereocenters. The lowest BCUT2D eigenvalue weighted by Crippen LogP contribution is -2.49. The smallest absolute Gasteiger partial charge is 0.223 e. The SMILES string of the molecule is O=C(NCC1(CN2CCOCC2)CCCCC1)C1CC12CCNCC2. The van der Waals surface area contributed by atoms with Crippen molar-refractivity contribution in [3.05, 3.63) is 0 Å². The Balaban J connectivity index is 1.32. The van der Waals surface area contributed by atoms with E-state index in [0.29, 0.717) is 22.7 Å². The molecule has 1 atom stereocenters. The number of ether oxygens (including phenoxy) is 1. The molecule has 2 saturated carbocycles. The van der Waals surface area contributed by atoms with E-state index in [9.17, 15) is 4.79 Å². The van der Waals surface area contributed by atoms with Gasteiger partial charge in [0.1, 0.15) is 0 Å². The second kappa shape index (κ2) is 7.53. The van der Waals surface area contributed by atoms with Crippen molar-refractivity contribution in [1.82, 2.24) is 15.5 Å². The van der Waals surface area contributed by atoms with Gasteiger partial charge in [-0.1, -0.05) is 19.3 Å². The van der Waals surface area contributed by atoms with Gasteiger partial charge in [-0.3, -0.25) is 9.69 Å². The molecular weight excluding hydrogens is 314 g/mol. The molecule has 2 aliphatic carbocycles. The summed E-state index contributed by atoms with van der Waals surface area (Å²) in [6.07, 6.45) is 10.0. The Hall–Kier alpha value is -0.650. The average molecular weight is 350 g/mol. The average Bonchev–Trinajstić information content (AvgIpc) is 3.35. The fourth-order valence-corrected chi connectivity index (χ4v) is 5.52. The first-order chi connectivity index (χ1) is 12.2. The van der Waals surface area contributed by atoms with Gasteiger partial charge in [0.2, 0.25) is 5.91 Å². The van der Waals surface area contributed by atoms with Gasteiger partial charge in [-0.05, 0) is 50.6 Å². The Morgan fingerprint density at radius 3 is 2.52 bits per heavy atom. The van der Waals surface area contributed by atoms with E-state index in [0.717, 1.165) is 58.9 Å². The summed E-state index contributed by atoms with van der Waals surface area (Å²) in [6.45, 7) is 8.02. The summed E-state index contributed by atoms with van der Waals surface area (Å²) in [4.78, 5) is 15.4. The number of hydrogen-bond acceptors (Lipinski definition) is 4. The van der Waals surface area contributed by atoms with Crippen molar-refractivity contribution in [2.75, 3.05) is 52.5 Å². The molecule has 4 fully saturated rings. The van der Waals surface area contributed by atoms with Crippen molar-refractivity contribution in [2.24, 2.45) is 16.7 Å². The first-order valence-electron chi connectivity index (χ1n) is 10.5. The second-order valence-corrected chi connectivity index (χ2v) is 9.04. The van der Waals surface area contributed by atoms with Gasteiger partial charge in [0.05, 0.1) is 13.2 Å². The number of carbonyl (C=O) groups is 1. The van der Waals surface area contributed by atoms with E-state index < -0.39 is 0 Å². The van der Waals surface area contributed by atoms with Gasteiger partial charge in [-0.25, -0.2) is 0 Å². The molecule has 2 aliphatic heterocycles. The first kappa shape index (κ1) is 17.7. The Bertz CT molecular complexity index is 464. The van der Waals surface area contributed by atoms with Crippen LogP contribution in [-0.2, 0) is 9.53 Å². The lowest BCUT2D eigenvalue weighted by Gasteiger charge is -2.42. The maximum atomic E-state index is 12.8. The summed E-state index contributed by atoms with van der Waals surface area (Å²) >= 11 is 0. The molecule has 1 amide bonds. The summed E-state index contributed by atoms with van der Waals surface area (Å²) in [7, 11) is 0. The fraction of sp³-hybridized carbons (Fsp3) is 0.950. The zero-order valence-corrected chi connectivity index (χ0v) is 15.7. The summed E-state index contributed by atoms with van der Waals surface area (Å²) in [6, 6.07) is 0. The molecule has 0 aromatic carbocycles. The fourth-order valence-electron chi connectivity index (χ4n) is 5.52. The third-order valence-corrected chi connectivity index (χ3v) is 7.32. The van der Waals surface area contributed by atoms with Crippen LogP contribution in [0.4, 0.5) is 0 Å². The van der Waals surface area contributed by atoms with Crippen LogP contribution in [0.2, 0.25) is 0 Å². The summed E-state index contributed by atoms with van der Waals surface area (Å²) in [5.41, 5.74) is 0.640. The molecule has 2 N–H and O–H groups in total. The van der Waals surface area contributed by atoms with Crippen molar-refractivity contribution in [3.8, 4) is 0 Å². The van der Waals surface area contributed by atoms with E-state index in [2.05, 4.69) is 15.5 Å². The molecule has 2 saturated heterocycles. The van der Waals surface area contributed by atoms with Crippen molar-refractivity contribution >= 4 is 5.91 Å². The number of nitrogens with zero attached hydrogens (tertiary/aromatic N) is 1. The van der Waals surface area contributed by atoms with E-state index in [1.165, 1.54) is 44.9 Å². The maximum absolute atomic E-state index is 12.8. The minimum absolute atomic E-state index is 0.290. The van der Waals surface area contributed by atoms with Gasteiger partial charge >= 0.3 is 0 Å². The monoisotopic (exact) mass is 349 g/mol. The van der Waals surface area contributed by atoms with Crippen molar-refractivity contribution < 1.29 is 9.53 Å². The number of piperidine rings is 1. The van der Waals surface area contributed by atoms with Gasteiger partial charge in [-0.15, -0.1) is 0 Å². The van der Waals surface area contributed by atoms with E-state index in [1.807, 2.05) is 0 Å². The molecular formula is C20H35N3O2. The molecule has 4 aliphatic rings. The molecule has 4 rings (SSSR count). The normalized spacial score (nSPS) is 31.6. The van der Waals surface area contributed by atoms with Crippen LogP contribution in [-0.4, -0.2) is 63.3 Å². The Labute approximate surface area is 152 Å². The number of rotatable bonds is 5. The summed E-state index contributed by atoms with van der Waals surface area (Å²) in [5, 5.41) is 6.83. The van der Waals surface area contributed by atoms with Gasteiger partial charge in [0.25, 0.3) is 0 Å². The molecule has 5 nitrogen and oxygen atoms in total. The molecule has 142 valence electrons. The molecule has 5 heteroatoms. The Morgan fingerprint density at radius 1 is 1.08 bits per heavy atom. The highest BCUT2D eigenvalue weighted by Crippen LogP contribution is 2.58. The number of amides is 1. The molecule has 1 spiro atoms. The predicted molar refractivity (Wildman–Crippen MR) is 98.4 cm³/mol. The second-order valence-electron chi connectivity index (χ2n) is 9.04. The predicted octanol–water partition coefficient (Wildman–Crippen LogP) is 1.77. The zero-order chi connectivity index (χ0) is 17.2.